The first kappa shape index (κ1) is 31.9. The highest BCUT2D eigenvalue weighted by molar-refractivity contribution is 7.88. The summed E-state index contributed by atoms with van der Waals surface area (Å²) >= 11 is 6.13. The number of carbonyl (C=O) groups is 3. The standard InChI is InChI=1S/C29H39ClN6O5S/c30-23-10-9-21(16-31)22(13-23)17-33-28(38)26-14-24(32)18-36(26)29(39)25(15-27(37)35-11-5-2-6-12-35)34-42(40,41)19-20-7-3-1-4-8-20/h1,3-4,7-10,13,24-26,34H,2,5-6,11-12,14-19,31-32H2,(H,33,38)/t24-,25?,26+/m1/s1. The van der Waals surface area contributed by atoms with Crippen LogP contribution in [0, 0.1) is 0 Å². The zero-order chi connectivity index (χ0) is 30.3. The Bertz CT molecular complexity index is 1370. The second kappa shape index (κ2) is 14.4. The van der Waals surface area contributed by atoms with Crippen LogP contribution < -0.4 is 21.5 Å². The lowest BCUT2D eigenvalue weighted by Gasteiger charge is -2.31. The minimum atomic E-state index is -4.02. The summed E-state index contributed by atoms with van der Waals surface area (Å²) in [5.74, 6) is -1.76. The Morgan fingerprint density at radius 3 is 2.43 bits per heavy atom. The lowest BCUT2D eigenvalue weighted by molar-refractivity contribution is -0.142. The van der Waals surface area contributed by atoms with Gasteiger partial charge < -0.3 is 26.6 Å². The van der Waals surface area contributed by atoms with Crippen molar-refractivity contribution in [1.29, 1.82) is 0 Å². The average Bonchev–Trinajstić information content (AvgIpc) is 3.37. The van der Waals surface area contributed by atoms with E-state index in [9.17, 15) is 22.8 Å². The topological polar surface area (TPSA) is 168 Å². The third-order valence-corrected chi connectivity index (χ3v) is 9.26. The van der Waals surface area contributed by atoms with Gasteiger partial charge >= 0.3 is 0 Å². The number of benzene rings is 2. The number of piperidine rings is 1. The number of nitrogens with one attached hydrogen (secondary N) is 2. The lowest BCUT2D eigenvalue weighted by atomic mass is 10.1. The van der Waals surface area contributed by atoms with Crippen molar-refractivity contribution in [3.63, 3.8) is 0 Å². The first-order valence-electron chi connectivity index (χ1n) is 14.2. The van der Waals surface area contributed by atoms with Crippen LogP contribution in [-0.2, 0) is 43.2 Å². The Balaban J connectivity index is 1.52. The molecule has 0 saturated carbocycles. The largest absolute Gasteiger partial charge is 0.350 e. The number of hydrogen-bond acceptors (Lipinski definition) is 7. The molecule has 0 aromatic heterocycles. The van der Waals surface area contributed by atoms with E-state index in [-0.39, 0.29) is 44.1 Å². The highest BCUT2D eigenvalue weighted by atomic mass is 35.5. The molecule has 0 bridgehead atoms. The fourth-order valence-electron chi connectivity index (χ4n) is 5.50. The molecule has 0 aliphatic carbocycles. The van der Waals surface area contributed by atoms with Gasteiger partial charge in [0, 0.05) is 43.8 Å². The van der Waals surface area contributed by atoms with Gasteiger partial charge in [0.15, 0.2) is 0 Å². The van der Waals surface area contributed by atoms with E-state index in [2.05, 4.69) is 10.0 Å². The molecule has 6 N–H and O–H groups in total. The van der Waals surface area contributed by atoms with Gasteiger partial charge in [0.1, 0.15) is 12.1 Å². The second-order valence-corrected chi connectivity index (χ2v) is 13.1. The SMILES string of the molecule is NCc1ccc(Cl)cc1CNC(=O)[C@@H]1C[C@@H](N)CN1C(=O)C(CC(=O)N1CCCCC1)NS(=O)(=O)Cc1ccccc1. The van der Waals surface area contributed by atoms with Crippen molar-refractivity contribution in [2.75, 3.05) is 19.6 Å². The molecular formula is C29H39ClN6O5S. The number of amides is 3. The van der Waals surface area contributed by atoms with E-state index in [1.807, 2.05) is 0 Å². The molecule has 2 aromatic carbocycles. The molecule has 228 valence electrons. The zero-order valence-corrected chi connectivity index (χ0v) is 25.1. The summed E-state index contributed by atoms with van der Waals surface area (Å²) in [6.07, 6.45) is 2.56. The number of sulfonamides is 1. The van der Waals surface area contributed by atoms with Crippen molar-refractivity contribution in [2.24, 2.45) is 11.5 Å². The highest BCUT2D eigenvalue weighted by Crippen LogP contribution is 2.22. The smallest absolute Gasteiger partial charge is 0.243 e. The molecule has 2 aliphatic rings. The quantitative estimate of drug-likeness (QED) is 0.294. The molecule has 2 fully saturated rings. The average molecular weight is 619 g/mol. The Labute approximate surface area is 252 Å². The third-order valence-electron chi connectivity index (χ3n) is 7.67. The Morgan fingerprint density at radius 2 is 1.74 bits per heavy atom. The lowest BCUT2D eigenvalue weighted by Crippen LogP contribution is -2.55. The molecule has 3 amide bonds. The first-order valence-corrected chi connectivity index (χ1v) is 16.2. The molecule has 3 atom stereocenters. The number of rotatable bonds is 11. The van der Waals surface area contributed by atoms with Crippen molar-refractivity contribution in [3.8, 4) is 0 Å². The van der Waals surface area contributed by atoms with Crippen LogP contribution in [-0.4, -0.2) is 73.7 Å². The van der Waals surface area contributed by atoms with E-state index in [1.165, 1.54) is 4.90 Å². The number of nitrogens with two attached hydrogens (primary N) is 2. The molecule has 0 spiro atoms. The Hall–Kier alpha value is -3.03. The van der Waals surface area contributed by atoms with Crippen molar-refractivity contribution in [3.05, 3.63) is 70.2 Å². The van der Waals surface area contributed by atoms with Gasteiger partial charge in [-0.3, -0.25) is 14.4 Å². The Kier molecular flexibility index (Phi) is 11.0. The molecule has 2 saturated heterocycles. The van der Waals surface area contributed by atoms with E-state index in [4.69, 9.17) is 23.1 Å². The molecule has 42 heavy (non-hydrogen) atoms. The number of halogens is 1. The van der Waals surface area contributed by atoms with E-state index in [1.54, 1.807) is 53.4 Å². The van der Waals surface area contributed by atoms with Crippen LogP contribution >= 0.6 is 11.6 Å². The number of likely N-dealkylation sites (tertiary alicyclic amines) is 2. The summed E-state index contributed by atoms with van der Waals surface area (Å²) in [6.45, 7) is 1.57. The maximum atomic E-state index is 13.9. The van der Waals surface area contributed by atoms with Crippen LogP contribution in [0.3, 0.4) is 0 Å². The molecule has 2 aromatic rings. The molecule has 11 nitrogen and oxygen atoms in total. The van der Waals surface area contributed by atoms with Crippen LogP contribution in [0.25, 0.3) is 0 Å². The van der Waals surface area contributed by atoms with Gasteiger partial charge in [-0.05, 0) is 54.5 Å². The molecule has 4 rings (SSSR count). The summed E-state index contributed by atoms with van der Waals surface area (Å²) in [5, 5.41) is 3.34. The summed E-state index contributed by atoms with van der Waals surface area (Å²) in [5.41, 5.74) is 14.1. The van der Waals surface area contributed by atoms with Gasteiger partial charge in [-0.25, -0.2) is 13.1 Å². The number of nitrogens with zero attached hydrogens (tertiary/aromatic N) is 2. The molecule has 2 heterocycles. The van der Waals surface area contributed by atoms with Gasteiger partial charge in [0.25, 0.3) is 0 Å². The number of carbonyl (C=O) groups excluding carboxylic acids is 3. The first-order chi connectivity index (χ1) is 20.1. The fraction of sp³-hybridized carbons (Fsp3) is 0.483. The minimum Gasteiger partial charge on any atom is -0.350 e. The van der Waals surface area contributed by atoms with Crippen LogP contribution in [0.4, 0.5) is 0 Å². The summed E-state index contributed by atoms with van der Waals surface area (Å²) < 4.78 is 28.8. The fourth-order valence-corrected chi connectivity index (χ4v) is 7.02. The zero-order valence-electron chi connectivity index (χ0n) is 23.5. The van der Waals surface area contributed by atoms with Gasteiger partial charge in [-0.15, -0.1) is 0 Å². The van der Waals surface area contributed by atoms with Crippen molar-refractivity contribution in [2.45, 2.75) is 69.1 Å². The van der Waals surface area contributed by atoms with Crippen molar-refractivity contribution >= 4 is 39.3 Å². The molecule has 1 unspecified atom stereocenters. The molecular weight excluding hydrogens is 580 g/mol. The highest BCUT2D eigenvalue weighted by Gasteiger charge is 2.42. The normalized spacial score (nSPS) is 19.9. The molecule has 2 aliphatic heterocycles. The maximum Gasteiger partial charge on any atom is 0.243 e. The van der Waals surface area contributed by atoms with Crippen molar-refractivity contribution < 1.29 is 22.8 Å². The predicted octanol–water partition coefficient (Wildman–Crippen LogP) is 1.23. The van der Waals surface area contributed by atoms with Crippen LogP contribution in [0.5, 0.6) is 0 Å². The monoisotopic (exact) mass is 618 g/mol. The Morgan fingerprint density at radius 1 is 1.02 bits per heavy atom. The van der Waals surface area contributed by atoms with Gasteiger partial charge in [0.05, 0.1) is 12.2 Å². The van der Waals surface area contributed by atoms with Gasteiger partial charge in [-0.1, -0.05) is 48.0 Å². The second-order valence-electron chi connectivity index (χ2n) is 10.9. The predicted molar refractivity (Wildman–Crippen MR) is 160 cm³/mol. The van der Waals surface area contributed by atoms with Crippen LogP contribution in [0.15, 0.2) is 48.5 Å². The van der Waals surface area contributed by atoms with E-state index in [0.29, 0.717) is 23.7 Å². The van der Waals surface area contributed by atoms with E-state index >= 15 is 0 Å². The molecule has 13 heteroatoms. The van der Waals surface area contributed by atoms with E-state index < -0.39 is 40.0 Å². The summed E-state index contributed by atoms with van der Waals surface area (Å²) in [7, 11) is -4.02. The van der Waals surface area contributed by atoms with Crippen molar-refractivity contribution in [1.82, 2.24) is 19.8 Å². The van der Waals surface area contributed by atoms with Gasteiger partial charge in [0.2, 0.25) is 27.7 Å². The summed E-state index contributed by atoms with van der Waals surface area (Å²) in [4.78, 5) is 43.4. The van der Waals surface area contributed by atoms with Crippen LogP contribution in [0.1, 0.15) is 48.8 Å². The maximum absolute atomic E-state index is 13.9. The third kappa shape index (κ3) is 8.51. The van der Waals surface area contributed by atoms with Crippen LogP contribution in [0.2, 0.25) is 5.02 Å². The minimum absolute atomic E-state index is 0.0525. The summed E-state index contributed by atoms with van der Waals surface area (Å²) in [6, 6.07) is 11.0. The van der Waals surface area contributed by atoms with Gasteiger partial charge in [-0.2, -0.15) is 0 Å². The molecule has 0 radical (unpaired) electrons. The van der Waals surface area contributed by atoms with E-state index in [0.717, 1.165) is 30.4 Å². The number of hydrogen-bond donors (Lipinski definition) is 4.